The van der Waals surface area contributed by atoms with Crippen molar-refractivity contribution < 1.29 is 19.1 Å². The van der Waals surface area contributed by atoms with Gasteiger partial charge in [0.2, 0.25) is 0 Å². The molecule has 1 aromatic heterocycles. The minimum atomic E-state index is -0.769. The van der Waals surface area contributed by atoms with Crippen molar-refractivity contribution in [3.05, 3.63) is 27.4 Å². The summed E-state index contributed by atoms with van der Waals surface area (Å²) in [6.07, 6.45) is 0. The van der Waals surface area contributed by atoms with Gasteiger partial charge >= 0.3 is 5.97 Å². The number of hydrogen-bond donors (Lipinski definition) is 2. The van der Waals surface area contributed by atoms with E-state index in [0.29, 0.717) is 11.1 Å². The molecule has 0 fully saturated rings. The predicted octanol–water partition coefficient (Wildman–Crippen LogP) is 2.69. The molecule has 0 atom stereocenters. The number of hydrogen-bond acceptors (Lipinski definition) is 5. The molecule has 2 rings (SSSR count). The van der Waals surface area contributed by atoms with Gasteiger partial charge in [0.25, 0.3) is 0 Å². The standard InChI is InChI=1S/C11H9Cl2NO4/c1-17-11(16)7-9(15)5(12)2-4-8(13)6(3-14)18-10(4)7/h2,15H,3,14H2,1H3. The van der Waals surface area contributed by atoms with Crippen LogP contribution in [-0.2, 0) is 11.3 Å². The van der Waals surface area contributed by atoms with Crippen molar-refractivity contribution in [3.63, 3.8) is 0 Å². The van der Waals surface area contributed by atoms with E-state index >= 15 is 0 Å². The van der Waals surface area contributed by atoms with Crippen molar-refractivity contribution in [2.45, 2.75) is 6.54 Å². The Morgan fingerprint density at radius 3 is 2.78 bits per heavy atom. The lowest BCUT2D eigenvalue weighted by atomic mass is 10.1. The molecule has 0 aliphatic rings. The highest BCUT2D eigenvalue weighted by Gasteiger charge is 2.25. The Bertz CT molecular complexity index is 636. The normalized spacial score (nSPS) is 10.9. The van der Waals surface area contributed by atoms with E-state index in [1.807, 2.05) is 0 Å². The van der Waals surface area contributed by atoms with Crippen LogP contribution in [-0.4, -0.2) is 18.2 Å². The molecule has 96 valence electrons. The van der Waals surface area contributed by atoms with E-state index in [0.717, 1.165) is 0 Å². The molecule has 0 aliphatic heterocycles. The number of methoxy groups -OCH3 is 1. The molecule has 5 nitrogen and oxygen atoms in total. The molecule has 0 radical (unpaired) electrons. The lowest BCUT2D eigenvalue weighted by Crippen LogP contribution is -2.02. The van der Waals surface area contributed by atoms with Crippen LogP contribution in [0.25, 0.3) is 11.0 Å². The second-order valence-corrected chi connectivity index (χ2v) is 4.28. The minimum Gasteiger partial charge on any atom is -0.505 e. The number of nitrogens with two attached hydrogens (primary N) is 1. The molecular weight excluding hydrogens is 281 g/mol. The topological polar surface area (TPSA) is 85.7 Å². The Morgan fingerprint density at radius 1 is 1.56 bits per heavy atom. The van der Waals surface area contributed by atoms with Crippen molar-refractivity contribution in [1.29, 1.82) is 0 Å². The summed E-state index contributed by atoms with van der Waals surface area (Å²) >= 11 is 11.9. The average molecular weight is 290 g/mol. The fourth-order valence-corrected chi connectivity index (χ4v) is 2.09. The first kappa shape index (κ1) is 13.0. The smallest absolute Gasteiger partial charge is 0.345 e. The summed E-state index contributed by atoms with van der Waals surface area (Å²) in [6, 6.07) is 1.41. The second kappa shape index (κ2) is 4.68. The second-order valence-electron chi connectivity index (χ2n) is 3.49. The number of furan rings is 1. The number of halogens is 2. The number of phenolic OH excluding ortho intramolecular Hbond substituents is 1. The molecule has 0 amide bonds. The van der Waals surface area contributed by atoms with E-state index in [-0.39, 0.29) is 27.7 Å². The number of phenols is 1. The van der Waals surface area contributed by atoms with Crippen LogP contribution >= 0.6 is 23.2 Å². The van der Waals surface area contributed by atoms with Crippen LogP contribution in [0.15, 0.2) is 10.5 Å². The summed E-state index contributed by atoms with van der Waals surface area (Å²) in [5, 5.41) is 10.5. The molecule has 0 bridgehead atoms. The van der Waals surface area contributed by atoms with Crippen molar-refractivity contribution in [2.24, 2.45) is 5.73 Å². The van der Waals surface area contributed by atoms with E-state index in [2.05, 4.69) is 4.74 Å². The zero-order chi connectivity index (χ0) is 13.4. The van der Waals surface area contributed by atoms with Crippen molar-refractivity contribution >= 4 is 40.1 Å². The lowest BCUT2D eigenvalue weighted by molar-refractivity contribution is 0.0598. The summed E-state index contributed by atoms with van der Waals surface area (Å²) in [7, 11) is 1.18. The van der Waals surface area contributed by atoms with Gasteiger partial charge in [0, 0.05) is 5.39 Å². The molecule has 7 heteroatoms. The SMILES string of the molecule is COC(=O)c1c(O)c(Cl)cc2c(Cl)c(CN)oc12. The fraction of sp³-hybridized carbons (Fsp3) is 0.182. The van der Waals surface area contributed by atoms with Crippen molar-refractivity contribution in [3.8, 4) is 5.75 Å². The van der Waals surface area contributed by atoms with Gasteiger partial charge in [-0.2, -0.15) is 0 Å². The molecule has 0 aliphatic carbocycles. The van der Waals surface area contributed by atoms with Gasteiger partial charge in [0.1, 0.15) is 11.3 Å². The first-order chi connectivity index (χ1) is 8.51. The Labute approximate surface area is 112 Å². The summed E-state index contributed by atoms with van der Waals surface area (Å²) in [5.41, 5.74) is 5.40. The van der Waals surface area contributed by atoms with Gasteiger partial charge < -0.3 is 20.0 Å². The van der Waals surface area contributed by atoms with E-state index < -0.39 is 11.7 Å². The Morgan fingerprint density at radius 2 is 2.22 bits per heavy atom. The van der Waals surface area contributed by atoms with Gasteiger partial charge in [-0.15, -0.1) is 0 Å². The first-order valence-electron chi connectivity index (χ1n) is 4.92. The van der Waals surface area contributed by atoms with Gasteiger partial charge in [-0.1, -0.05) is 23.2 Å². The third-order valence-electron chi connectivity index (χ3n) is 2.49. The van der Waals surface area contributed by atoms with Gasteiger partial charge in [-0.25, -0.2) is 4.79 Å². The highest BCUT2D eigenvalue weighted by atomic mass is 35.5. The van der Waals surface area contributed by atoms with Crippen LogP contribution in [0.3, 0.4) is 0 Å². The number of carbonyl (C=O) groups is 1. The zero-order valence-corrected chi connectivity index (χ0v) is 10.8. The molecule has 1 aromatic carbocycles. The van der Waals surface area contributed by atoms with Gasteiger partial charge in [-0.3, -0.25) is 0 Å². The molecular formula is C11H9Cl2NO4. The van der Waals surface area contributed by atoms with E-state index in [9.17, 15) is 9.90 Å². The van der Waals surface area contributed by atoms with Crippen molar-refractivity contribution in [2.75, 3.05) is 7.11 Å². The van der Waals surface area contributed by atoms with Crippen molar-refractivity contribution in [1.82, 2.24) is 0 Å². The van der Waals surface area contributed by atoms with Crippen LogP contribution < -0.4 is 5.73 Å². The lowest BCUT2D eigenvalue weighted by Gasteiger charge is -2.04. The van der Waals surface area contributed by atoms with E-state index in [1.165, 1.54) is 13.2 Å². The van der Waals surface area contributed by atoms with Gasteiger partial charge in [0.05, 0.1) is 23.7 Å². The first-order valence-corrected chi connectivity index (χ1v) is 5.67. The Kier molecular flexibility index (Phi) is 3.38. The minimum absolute atomic E-state index is 0.0193. The molecule has 0 unspecified atom stereocenters. The van der Waals surface area contributed by atoms with E-state index in [1.54, 1.807) is 0 Å². The van der Waals surface area contributed by atoms with E-state index in [4.69, 9.17) is 33.4 Å². The number of rotatable bonds is 2. The van der Waals surface area contributed by atoms with Crippen LogP contribution in [0, 0.1) is 0 Å². The predicted molar refractivity (Wildman–Crippen MR) is 67.1 cm³/mol. The monoisotopic (exact) mass is 289 g/mol. The number of aromatic hydroxyl groups is 1. The Hall–Kier alpha value is -1.43. The van der Waals surface area contributed by atoms with Crippen LogP contribution in [0.4, 0.5) is 0 Å². The number of fused-ring (bicyclic) bond motifs is 1. The molecule has 2 aromatic rings. The molecule has 0 saturated carbocycles. The fourth-order valence-electron chi connectivity index (χ4n) is 1.63. The third kappa shape index (κ3) is 1.80. The summed E-state index contributed by atoms with van der Waals surface area (Å²) in [6.45, 7) is 0.0620. The highest BCUT2D eigenvalue weighted by Crippen LogP contribution is 2.40. The maximum absolute atomic E-state index is 11.6. The maximum atomic E-state index is 11.6. The Balaban J connectivity index is 2.89. The number of carbonyl (C=O) groups excluding carboxylic acids is 1. The third-order valence-corrected chi connectivity index (χ3v) is 3.19. The zero-order valence-electron chi connectivity index (χ0n) is 9.29. The molecule has 18 heavy (non-hydrogen) atoms. The molecule has 0 saturated heterocycles. The quantitative estimate of drug-likeness (QED) is 0.830. The number of ether oxygens (including phenoxy) is 1. The molecule has 1 heterocycles. The molecule has 3 N–H and O–H groups in total. The highest BCUT2D eigenvalue weighted by molar-refractivity contribution is 6.38. The van der Waals surface area contributed by atoms with Crippen LogP contribution in [0.2, 0.25) is 10.0 Å². The van der Waals surface area contributed by atoms with Crippen LogP contribution in [0.5, 0.6) is 5.75 Å². The average Bonchev–Trinajstić information content (AvgIpc) is 2.67. The maximum Gasteiger partial charge on any atom is 0.345 e. The van der Waals surface area contributed by atoms with Crippen LogP contribution in [0.1, 0.15) is 16.1 Å². The number of esters is 1. The van der Waals surface area contributed by atoms with Gasteiger partial charge in [0.15, 0.2) is 11.3 Å². The summed E-state index contributed by atoms with van der Waals surface area (Å²) in [5.74, 6) is -0.877. The largest absolute Gasteiger partial charge is 0.505 e. The molecule has 0 spiro atoms. The summed E-state index contributed by atoms with van der Waals surface area (Å²) < 4.78 is 9.93. The van der Waals surface area contributed by atoms with Gasteiger partial charge in [-0.05, 0) is 6.07 Å². The number of benzene rings is 1. The summed E-state index contributed by atoms with van der Waals surface area (Å²) in [4.78, 5) is 11.6.